The van der Waals surface area contributed by atoms with Gasteiger partial charge in [-0.1, -0.05) is 6.92 Å². The summed E-state index contributed by atoms with van der Waals surface area (Å²) in [5.74, 6) is 0.628. The van der Waals surface area contributed by atoms with Crippen LogP contribution in [0.2, 0.25) is 0 Å². The molecule has 1 aromatic heterocycles. The molecule has 0 aliphatic rings. The van der Waals surface area contributed by atoms with Crippen molar-refractivity contribution in [3.05, 3.63) is 11.8 Å². The van der Waals surface area contributed by atoms with E-state index in [1.807, 2.05) is 0 Å². The second-order valence-electron chi connectivity index (χ2n) is 2.75. The van der Waals surface area contributed by atoms with Crippen molar-refractivity contribution < 1.29 is 12.8 Å². The van der Waals surface area contributed by atoms with Crippen LogP contribution in [0, 0.1) is 6.92 Å². The number of hydrogen-bond acceptors (Lipinski definition) is 5. The summed E-state index contributed by atoms with van der Waals surface area (Å²) in [6, 6.07) is 0. The molecule has 0 saturated carbocycles. The number of rotatable bonds is 3. The average molecular weight is 204 g/mol. The number of nitrogens with zero attached hydrogens (tertiary/aromatic N) is 2. The van der Waals surface area contributed by atoms with Gasteiger partial charge in [-0.3, -0.25) is 0 Å². The van der Waals surface area contributed by atoms with Crippen molar-refractivity contribution in [3.8, 4) is 0 Å². The minimum absolute atomic E-state index is 0.0790. The third-order valence-electron chi connectivity index (χ3n) is 1.83. The summed E-state index contributed by atoms with van der Waals surface area (Å²) in [6.45, 7) is 4.77. The molecule has 0 aliphatic carbocycles. The van der Waals surface area contributed by atoms with Gasteiger partial charge in [-0.2, -0.15) is 0 Å². The Morgan fingerprint density at radius 2 is 2.08 bits per heavy atom. The van der Waals surface area contributed by atoms with Crippen LogP contribution >= 0.6 is 0 Å². The normalized spacial score (nSPS) is 14.4. The standard InChI is InChI=1S/C7H12N2O3S/c1-4-13(10,11)5(2)7-9-8-6(3)12-7/h5H,4H2,1-3H3. The fraction of sp³-hybridized carbons (Fsp3) is 0.714. The molecule has 74 valence electrons. The molecule has 1 atom stereocenters. The van der Waals surface area contributed by atoms with Crippen molar-refractivity contribution in [3.63, 3.8) is 0 Å². The molecule has 1 aromatic rings. The molecule has 0 aromatic carbocycles. The lowest BCUT2D eigenvalue weighted by Gasteiger charge is -2.05. The Morgan fingerprint density at radius 3 is 2.46 bits per heavy atom. The first-order valence-corrected chi connectivity index (χ1v) is 5.70. The van der Waals surface area contributed by atoms with Crippen molar-refractivity contribution in [1.29, 1.82) is 0 Å². The van der Waals surface area contributed by atoms with Crippen molar-refractivity contribution in [1.82, 2.24) is 10.2 Å². The zero-order valence-corrected chi connectivity index (χ0v) is 8.63. The highest BCUT2D eigenvalue weighted by molar-refractivity contribution is 7.91. The third-order valence-corrected chi connectivity index (χ3v) is 3.91. The Bertz CT molecular complexity index is 382. The number of aryl methyl sites for hydroxylation is 1. The highest BCUT2D eigenvalue weighted by Gasteiger charge is 2.25. The largest absolute Gasteiger partial charge is 0.424 e. The molecule has 0 radical (unpaired) electrons. The molecule has 1 unspecified atom stereocenters. The molecule has 0 spiro atoms. The van der Waals surface area contributed by atoms with E-state index in [9.17, 15) is 8.42 Å². The van der Waals surface area contributed by atoms with E-state index >= 15 is 0 Å². The lowest BCUT2D eigenvalue weighted by atomic mass is 10.5. The van der Waals surface area contributed by atoms with Crippen molar-refractivity contribution >= 4 is 9.84 Å². The minimum atomic E-state index is -3.13. The molecule has 0 amide bonds. The molecule has 0 fully saturated rings. The summed E-state index contributed by atoms with van der Waals surface area (Å²) in [5.41, 5.74) is 0. The molecular formula is C7H12N2O3S. The van der Waals surface area contributed by atoms with Crippen LogP contribution in [0.3, 0.4) is 0 Å². The Labute approximate surface area is 77.1 Å². The molecule has 6 heteroatoms. The number of sulfone groups is 1. The van der Waals surface area contributed by atoms with Crippen LogP contribution in [0.4, 0.5) is 0 Å². The van der Waals surface area contributed by atoms with Gasteiger partial charge in [-0.25, -0.2) is 8.42 Å². The zero-order chi connectivity index (χ0) is 10.1. The molecule has 5 nitrogen and oxygen atoms in total. The lowest BCUT2D eigenvalue weighted by molar-refractivity contribution is 0.461. The first-order valence-electron chi connectivity index (χ1n) is 3.99. The third kappa shape index (κ3) is 2.06. The van der Waals surface area contributed by atoms with Gasteiger partial charge in [0, 0.05) is 12.7 Å². The van der Waals surface area contributed by atoms with Crippen molar-refractivity contribution in [2.24, 2.45) is 0 Å². The van der Waals surface area contributed by atoms with Gasteiger partial charge in [0.15, 0.2) is 9.84 Å². The fourth-order valence-corrected chi connectivity index (χ4v) is 1.78. The van der Waals surface area contributed by atoms with Crippen LogP contribution in [0.15, 0.2) is 4.42 Å². The first-order chi connectivity index (χ1) is 5.97. The second kappa shape index (κ2) is 3.45. The predicted octanol–water partition coefficient (Wildman–Crippen LogP) is 0.874. The Balaban J connectivity index is 2.98. The maximum Gasteiger partial charge on any atom is 0.234 e. The van der Waals surface area contributed by atoms with Gasteiger partial charge in [0.2, 0.25) is 11.8 Å². The van der Waals surface area contributed by atoms with E-state index < -0.39 is 15.1 Å². The highest BCUT2D eigenvalue weighted by Crippen LogP contribution is 2.20. The Hall–Kier alpha value is -0.910. The van der Waals surface area contributed by atoms with Crippen LogP contribution in [0.25, 0.3) is 0 Å². The van der Waals surface area contributed by atoms with Crippen LogP contribution in [0.5, 0.6) is 0 Å². The molecule has 0 N–H and O–H groups in total. The monoisotopic (exact) mass is 204 g/mol. The van der Waals surface area contributed by atoms with Crippen molar-refractivity contribution in [2.75, 3.05) is 5.75 Å². The molecule has 0 saturated heterocycles. The minimum Gasteiger partial charge on any atom is -0.424 e. The zero-order valence-electron chi connectivity index (χ0n) is 7.81. The maximum absolute atomic E-state index is 11.4. The van der Waals surface area contributed by atoms with E-state index in [-0.39, 0.29) is 11.6 Å². The maximum atomic E-state index is 11.4. The van der Waals surface area contributed by atoms with Crippen LogP contribution in [-0.2, 0) is 9.84 Å². The smallest absolute Gasteiger partial charge is 0.234 e. The predicted molar refractivity (Wildman–Crippen MR) is 46.9 cm³/mol. The van der Waals surface area contributed by atoms with Gasteiger partial charge < -0.3 is 4.42 Å². The molecule has 1 heterocycles. The highest BCUT2D eigenvalue weighted by atomic mass is 32.2. The molecule has 13 heavy (non-hydrogen) atoms. The van der Waals surface area contributed by atoms with E-state index in [1.54, 1.807) is 20.8 Å². The van der Waals surface area contributed by atoms with Crippen LogP contribution < -0.4 is 0 Å². The van der Waals surface area contributed by atoms with Gasteiger partial charge in [-0.05, 0) is 6.92 Å². The first kappa shape index (κ1) is 10.2. The van der Waals surface area contributed by atoms with Crippen LogP contribution in [0.1, 0.15) is 30.9 Å². The van der Waals surface area contributed by atoms with E-state index in [4.69, 9.17) is 4.42 Å². The van der Waals surface area contributed by atoms with E-state index in [2.05, 4.69) is 10.2 Å². The Morgan fingerprint density at radius 1 is 1.46 bits per heavy atom. The van der Waals surface area contributed by atoms with Gasteiger partial charge in [-0.15, -0.1) is 10.2 Å². The molecular weight excluding hydrogens is 192 g/mol. The van der Waals surface area contributed by atoms with Gasteiger partial charge >= 0.3 is 0 Å². The van der Waals surface area contributed by atoms with Gasteiger partial charge in [0.25, 0.3) is 0 Å². The van der Waals surface area contributed by atoms with E-state index in [0.29, 0.717) is 5.89 Å². The summed E-state index contributed by atoms with van der Waals surface area (Å²) >= 11 is 0. The number of hydrogen-bond donors (Lipinski definition) is 0. The van der Waals surface area contributed by atoms with Crippen LogP contribution in [-0.4, -0.2) is 24.4 Å². The summed E-state index contributed by atoms with van der Waals surface area (Å²) < 4.78 is 27.8. The summed E-state index contributed by atoms with van der Waals surface area (Å²) in [6.07, 6.45) is 0. The second-order valence-corrected chi connectivity index (χ2v) is 5.36. The fourth-order valence-electron chi connectivity index (χ4n) is 0.880. The van der Waals surface area contributed by atoms with E-state index in [0.717, 1.165) is 0 Å². The average Bonchev–Trinajstić information content (AvgIpc) is 2.50. The van der Waals surface area contributed by atoms with Crippen molar-refractivity contribution in [2.45, 2.75) is 26.0 Å². The summed E-state index contributed by atoms with van der Waals surface area (Å²) in [4.78, 5) is 0. The molecule has 1 rings (SSSR count). The lowest BCUT2D eigenvalue weighted by Crippen LogP contribution is -2.12. The number of aromatic nitrogens is 2. The van der Waals surface area contributed by atoms with Gasteiger partial charge in [0.05, 0.1) is 0 Å². The summed E-state index contributed by atoms with van der Waals surface area (Å²) in [5, 5.41) is 6.53. The quantitative estimate of drug-likeness (QED) is 0.730. The Kier molecular flexibility index (Phi) is 2.70. The van der Waals surface area contributed by atoms with E-state index in [1.165, 1.54) is 0 Å². The van der Waals surface area contributed by atoms with Gasteiger partial charge in [0.1, 0.15) is 5.25 Å². The SMILES string of the molecule is CCS(=O)(=O)C(C)c1nnc(C)o1. The molecule has 0 bridgehead atoms. The topological polar surface area (TPSA) is 73.1 Å². The summed E-state index contributed by atoms with van der Waals surface area (Å²) in [7, 11) is -3.13. The molecule has 0 aliphatic heterocycles.